The standard InChI is InChI=1S/C21H24BrNOS/c1-21(2,3)25(24)23-19(15-13-17-9-5-4-6-10-17)16-14-18-11-7-8-12-20(18)22/h4-12,19,23H,14,16H2,1-3H3/t19-,25+/m0/s1. The Kier molecular flexibility index (Phi) is 7.43. The van der Waals surface area contributed by atoms with Gasteiger partial charge >= 0.3 is 0 Å². The second kappa shape index (κ2) is 9.33. The van der Waals surface area contributed by atoms with E-state index in [4.69, 9.17) is 0 Å². The first-order chi connectivity index (χ1) is 11.9. The van der Waals surface area contributed by atoms with Gasteiger partial charge in [-0.15, -0.1) is 0 Å². The molecule has 4 heteroatoms. The van der Waals surface area contributed by atoms with Crippen molar-refractivity contribution in [2.45, 2.75) is 44.4 Å². The molecule has 0 saturated carbocycles. The van der Waals surface area contributed by atoms with Crippen LogP contribution in [-0.2, 0) is 17.4 Å². The molecule has 25 heavy (non-hydrogen) atoms. The van der Waals surface area contributed by atoms with Crippen LogP contribution in [0.1, 0.15) is 38.3 Å². The first-order valence-corrected chi connectivity index (χ1v) is 10.3. The van der Waals surface area contributed by atoms with Crippen LogP contribution in [0, 0.1) is 11.8 Å². The lowest BCUT2D eigenvalue weighted by Crippen LogP contribution is -2.39. The number of benzene rings is 2. The largest absolute Gasteiger partial charge is 0.242 e. The number of hydrogen-bond donors (Lipinski definition) is 1. The van der Waals surface area contributed by atoms with Crippen molar-refractivity contribution in [1.29, 1.82) is 0 Å². The molecule has 0 heterocycles. The zero-order chi connectivity index (χ0) is 18.3. The van der Waals surface area contributed by atoms with E-state index in [9.17, 15) is 4.21 Å². The normalized spacial score (nSPS) is 13.6. The molecule has 0 aliphatic carbocycles. The highest BCUT2D eigenvalue weighted by Gasteiger charge is 2.22. The van der Waals surface area contributed by atoms with Crippen LogP contribution >= 0.6 is 15.9 Å². The maximum absolute atomic E-state index is 12.5. The Morgan fingerprint density at radius 1 is 1.08 bits per heavy atom. The van der Waals surface area contributed by atoms with E-state index in [-0.39, 0.29) is 10.8 Å². The molecule has 0 amide bonds. The maximum Gasteiger partial charge on any atom is 0.0981 e. The minimum absolute atomic E-state index is 0.132. The van der Waals surface area contributed by atoms with Crippen molar-refractivity contribution in [3.05, 3.63) is 70.2 Å². The summed E-state index contributed by atoms with van der Waals surface area (Å²) in [5.74, 6) is 6.45. The van der Waals surface area contributed by atoms with Gasteiger partial charge in [0.05, 0.1) is 21.8 Å². The van der Waals surface area contributed by atoms with Crippen molar-refractivity contribution < 1.29 is 4.21 Å². The Bertz CT molecular complexity index is 772. The number of aryl methyl sites for hydroxylation is 1. The topological polar surface area (TPSA) is 29.1 Å². The summed E-state index contributed by atoms with van der Waals surface area (Å²) >= 11 is 3.59. The lowest BCUT2D eigenvalue weighted by Gasteiger charge is -2.21. The molecule has 2 nitrogen and oxygen atoms in total. The molecule has 0 aromatic heterocycles. The first-order valence-electron chi connectivity index (χ1n) is 8.34. The van der Waals surface area contributed by atoms with Crippen molar-refractivity contribution in [2.24, 2.45) is 0 Å². The Morgan fingerprint density at radius 3 is 2.36 bits per heavy atom. The quantitative estimate of drug-likeness (QED) is 0.691. The molecule has 2 rings (SSSR count). The summed E-state index contributed by atoms with van der Waals surface area (Å²) in [6, 6.07) is 17.9. The molecular weight excluding hydrogens is 394 g/mol. The Balaban J connectivity index is 2.13. The molecule has 0 fully saturated rings. The number of rotatable bonds is 5. The number of nitrogens with one attached hydrogen (secondary N) is 1. The van der Waals surface area contributed by atoms with Crippen molar-refractivity contribution in [3.8, 4) is 11.8 Å². The predicted molar refractivity (Wildman–Crippen MR) is 111 cm³/mol. The molecule has 0 unspecified atom stereocenters. The first kappa shape index (κ1) is 19.9. The molecule has 2 aromatic carbocycles. The lowest BCUT2D eigenvalue weighted by molar-refractivity contribution is 0.611. The third-order valence-corrected chi connectivity index (χ3v) is 6.01. The molecule has 1 N–H and O–H groups in total. The molecule has 2 atom stereocenters. The van der Waals surface area contributed by atoms with Gasteiger partial charge in [-0.1, -0.05) is 64.2 Å². The van der Waals surface area contributed by atoms with Gasteiger partial charge in [0, 0.05) is 10.0 Å². The van der Waals surface area contributed by atoms with E-state index in [1.165, 1.54) is 5.56 Å². The summed E-state index contributed by atoms with van der Waals surface area (Å²) in [5, 5.41) is 0. The van der Waals surface area contributed by atoms with Gasteiger partial charge in [-0.05, 0) is 57.4 Å². The van der Waals surface area contributed by atoms with E-state index in [1.807, 2.05) is 69.3 Å². The van der Waals surface area contributed by atoms with E-state index in [1.54, 1.807) is 0 Å². The Morgan fingerprint density at radius 2 is 1.72 bits per heavy atom. The lowest BCUT2D eigenvalue weighted by atomic mass is 10.1. The highest BCUT2D eigenvalue weighted by molar-refractivity contribution is 9.10. The third kappa shape index (κ3) is 6.78. The maximum atomic E-state index is 12.5. The average Bonchev–Trinajstić information content (AvgIpc) is 2.58. The van der Waals surface area contributed by atoms with Gasteiger partial charge < -0.3 is 0 Å². The molecular formula is C21H24BrNOS. The number of halogens is 1. The third-order valence-electron chi connectivity index (χ3n) is 3.63. The van der Waals surface area contributed by atoms with Gasteiger partial charge in [0.2, 0.25) is 0 Å². The highest BCUT2D eigenvalue weighted by atomic mass is 79.9. The van der Waals surface area contributed by atoms with Crippen molar-refractivity contribution in [2.75, 3.05) is 0 Å². The Labute approximate surface area is 162 Å². The summed E-state index contributed by atoms with van der Waals surface area (Å²) in [4.78, 5) is 0. The fraction of sp³-hybridized carbons (Fsp3) is 0.333. The minimum Gasteiger partial charge on any atom is -0.242 e. The van der Waals surface area contributed by atoms with Crippen LogP contribution in [-0.4, -0.2) is 15.0 Å². The molecule has 0 saturated heterocycles. The van der Waals surface area contributed by atoms with Gasteiger partial charge in [0.15, 0.2) is 0 Å². The molecule has 0 spiro atoms. The van der Waals surface area contributed by atoms with Crippen LogP contribution in [0.2, 0.25) is 0 Å². The van der Waals surface area contributed by atoms with E-state index >= 15 is 0 Å². The SMILES string of the molecule is CC(C)(C)[S@@](=O)N[C@@H](C#Cc1ccccc1)CCc1ccccc1Br. The highest BCUT2D eigenvalue weighted by Crippen LogP contribution is 2.18. The summed E-state index contributed by atoms with van der Waals surface area (Å²) in [6.07, 6.45) is 1.66. The van der Waals surface area contributed by atoms with Gasteiger partial charge in [0.1, 0.15) is 0 Å². The van der Waals surface area contributed by atoms with Gasteiger partial charge in [0.25, 0.3) is 0 Å². The molecule has 0 aliphatic heterocycles. The summed E-state index contributed by atoms with van der Waals surface area (Å²) in [7, 11) is -1.15. The Hall–Kier alpha value is -1.41. The van der Waals surface area contributed by atoms with E-state index < -0.39 is 11.0 Å². The molecule has 0 bridgehead atoms. The fourth-order valence-corrected chi connectivity index (χ4v) is 3.43. The van der Waals surface area contributed by atoms with E-state index in [0.29, 0.717) is 0 Å². The van der Waals surface area contributed by atoms with Crippen LogP contribution in [0.4, 0.5) is 0 Å². The van der Waals surface area contributed by atoms with Crippen LogP contribution in [0.25, 0.3) is 0 Å². The second-order valence-corrected chi connectivity index (χ2v) is 9.67. The predicted octanol–water partition coefficient (Wildman–Crippen LogP) is 4.85. The van der Waals surface area contributed by atoms with Crippen LogP contribution < -0.4 is 4.72 Å². The summed E-state index contributed by atoms with van der Waals surface area (Å²) < 4.78 is 16.5. The number of hydrogen-bond acceptors (Lipinski definition) is 1. The van der Waals surface area contributed by atoms with Crippen LogP contribution in [0.3, 0.4) is 0 Å². The van der Waals surface area contributed by atoms with Crippen molar-refractivity contribution >= 4 is 26.9 Å². The minimum atomic E-state index is -1.15. The van der Waals surface area contributed by atoms with Crippen molar-refractivity contribution in [1.82, 2.24) is 4.72 Å². The smallest absolute Gasteiger partial charge is 0.0981 e. The zero-order valence-electron chi connectivity index (χ0n) is 14.9. The van der Waals surface area contributed by atoms with Gasteiger partial charge in [-0.25, -0.2) is 8.93 Å². The summed E-state index contributed by atoms with van der Waals surface area (Å²) in [6.45, 7) is 5.89. The van der Waals surface area contributed by atoms with E-state index in [0.717, 1.165) is 22.9 Å². The van der Waals surface area contributed by atoms with Crippen LogP contribution in [0.15, 0.2) is 59.1 Å². The summed E-state index contributed by atoms with van der Waals surface area (Å²) in [5.41, 5.74) is 2.20. The molecule has 2 aromatic rings. The zero-order valence-corrected chi connectivity index (χ0v) is 17.3. The fourth-order valence-electron chi connectivity index (χ4n) is 2.16. The van der Waals surface area contributed by atoms with E-state index in [2.05, 4.69) is 38.6 Å². The monoisotopic (exact) mass is 417 g/mol. The van der Waals surface area contributed by atoms with Gasteiger partial charge in [-0.3, -0.25) is 0 Å². The molecule has 0 aliphatic rings. The van der Waals surface area contributed by atoms with Gasteiger partial charge in [-0.2, -0.15) is 0 Å². The molecule has 132 valence electrons. The van der Waals surface area contributed by atoms with Crippen molar-refractivity contribution in [3.63, 3.8) is 0 Å². The second-order valence-electron chi connectivity index (χ2n) is 6.82. The molecule has 0 radical (unpaired) electrons. The van der Waals surface area contributed by atoms with Crippen LogP contribution in [0.5, 0.6) is 0 Å². The average molecular weight is 418 g/mol.